The summed E-state index contributed by atoms with van der Waals surface area (Å²) in [6, 6.07) is 11.3. The third kappa shape index (κ3) is 5.38. The number of fused-ring (bicyclic) bond motifs is 1. The lowest BCUT2D eigenvalue weighted by molar-refractivity contribution is -0.120. The van der Waals surface area contributed by atoms with Crippen molar-refractivity contribution in [3.05, 3.63) is 47.5 Å². The van der Waals surface area contributed by atoms with Gasteiger partial charge in [-0.25, -0.2) is 0 Å². The van der Waals surface area contributed by atoms with Crippen LogP contribution in [0.3, 0.4) is 0 Å². The van der Waals surface area contributed by atoms with E-state index in [0.717, 1.165) is 23.3 Å². The second kappa shape index (κ2) is 9.45. The van der Waals surface area contributed by atoms with Gasteiger partial charge in [-0.05, 0) is 37.6 Å². The fourth-order valence-corrected chi connectivity index (χ4v) is 3.31. The summed E-state index contributed by atoms with van der Waals surface area (Å²) < 4.78 is 22.2. The molecular formula is C24H27NO5. The minimum absolute atomic E-state index is 0.117. The van der Waals surface area contributed by atoms with Gasteiger partial charge in [0.2, 0.25) is 5.91 Å². The molecule has 6 nitrogen and oxygen atoms in total. The zero-order valence-corrected chi connectivity index (χ0v) is 17.8. The largest absolute Gasteiger partial charge is 0.493 e. The summed E-state index contributed by atoms with van der Waals surface area (Å²) >= 11 is 0. The maximum Gasteiger partial charge on any atom is 0.225 e. The molecule has 0 aromatic heterocycles. The smallest absolute Gasteiger partial charge is 0.225 e. The van der Waals surface area contributed by atoms with Gasteiger partial charge in [0.1, 0.15) is 12.2 Å². The first-order chi connectivity index (χ1) is 14.4. The van der Waals surface area contributed by atoms with Gasteiger partial charge in [-0.3, -0.25) is 4.79 Å². The van der Waals surface area contributed by atoms with Crippen molar-refractivity contribution >= 4 is 5.91 Å². The predicted octanol–water partition coefficient (Wildman–Crippen LogP) is 3.16. The third-order valence-electron chi connectivity index (χ3n) is 4.67. The molecule has 2 aromatic rings. The van der Waals surface area contributed by atoms with Crippen LogP contribution < -0.4 is 24.3 Å². The van der Waals surface area contributed by atoms with Crippen LogP contribution in [0.25, 0.3) is 0 Å². The highest BCUT2D eigenvalue weighted by atomic mass is 16.5. The molecule has 1 heterocycles. The molecule has 0 aliphatic carbocycles. The van der Waals surface area contributed by atoms with Crippen molar-refractivity contribution < 1.29 is 23.7 Å². The summed E-state index contributed by atoms with van der Waals surface area (Å²) in [4.78, 5) is 12.1. The van der Waals surface area contributed by atoms with Gasteiger partial charge in [0.25, 0.3) is 0 Å². The van der Waals surface area contributed by atoms with E-state index in [9.17, 15) is 4.79 Å². The summed E-state index contributed by atoms with van der Waals surface area (Å²) in [5, 5.41) is 2.78. The predicted molar refractivity (Wildman–Crippen MR) is 114 cm³/mol. The van der Waals surface area contributed by atoms with Crippen LogP contribution in [0, 0.1) is 11.8 Å². The normalized spacial score (nSPS) is 13.3. The van der Waals surface area contributed by atoms with Crippen molar-refractivity contribution in [2.45, 2.75) is 32.3 Å². The molecule has 3 rings (SSSR count). The number of methoxy groups -OCH3 is 2. The molecule has 0 radical (unpaired) electrons. The summed E-state index contributed by atoms with van der Waals surface area (Å²) in [6.45, 7) is 4.60. The van der Waals surface area contributed by atoms with E-state index >= 15 is 0 Å². The zero-order valence-electron chi connectivity index (χ0n) is 17.8. The van der Waals surface area contributed by atoms with Crippen LogP contribution in [-0.4, -0.2) is 38.9 Å². The molecule has 0 saturated heterocycles. The maximum absolute atomic E-state index is 12.1. The van der Waals surface area contributed by atoms with E-state index < -0.39 is 0 Å². The maximum atomic E-state index is 12.1. The molecule has 0 fully saturated rings. The lowest BCUT2D eigenvalue weighted by Crippen LogP contribution is -2.25. The van der Waals surface area contributed by atoms with Gasteiger partial charge >= 0.3 is 0 Å². The van der Waals surface area contributed by atoms with Crippen molar-refractivity contribution in [1.82, 2.24) is 5.32 Å². The lowest BCUT2D eigenvalue weighted by atomic mass is 10.0. The summed E-state index contributed by atoms with van der Waals surface area (Å²) in [6.07, 6.45) is 1.10. The van der Waals surface area contributed by atoms with E-state index in [1.54, 1.807) is 26.4 Å². The zero-order chi connectivity index (χ0) is 21.6. The molecule has 2 aromatic carbocycles. The van der Waals surface area contributed by atoms with Crippen molar-refractivity contribution in [2.75, 3.05) is 27.4 Å². The first-order valence-corrected chi connectivity index (χ1v) is 9.79. The molecule has 1 aliphatic heterocycles. The van der Waals surface area contributed by atoms with Crippen molar-refractivity contribution in [3.8, 4) is 34.8 Å². The summed E-state index contributed by atoms with van der Waals surface area (Å²) in [7, 11) is 3.14. The average Bonchev–Trinajstić information content (AvgIpc) is 3.05. The van der Waals surface area contributed by atoms with Crippen LogP contribution in [0.2, 0.25) is 0 Å². The van der Waals surface area contributed by atoms with Gasteiger partial charge < -0.3 is 24.3 Å². The first-order valence-electron chi connectivity index (χ1n) is 9.79. The Morgan fingerprint density at radius 1 is 1.10 bits per heavy atom. The van der Waals surface area contributed by atoms with Crippen LogP contribution in [0.4, 0.5) is 0 Å². The molecule has 0 unspecified atom stereocenters. The molecule has 1 amide bonds. The number of carbonyl (C=O) groups excluding carboxylic acids is 1. The monoisotopic (exact) mass is 409 g/mol. The molecule has 6 heteroatoms. The van der Waals surface area contributed by atoms with Crippen LogP contribution in [-0.2, 0) is 17.6 Å². The van der Waals surface area contributed by atoms with Gasteiger partial charge in [0.05, 0.1) is 27.2 Å². The number of hydrogen-bond acceptors (Lipinski definition) is 5. The van der Waals surface area contributed by atoms with Crippen LogP contribution in [0.1, 0.15) is 25.0 Å². The molecule has 0 spiro atoms. The number of amides is 1. The average molecular weight is 409 g/mol. The molecular weight excluding hydrogens is 382 g/mol. The van der Waals surface area contributed by atoms with E-state index in [-0.39, 0.29) is 31.1 Å². The number of hydrogen-bond donors (Lipinski definition) is 1. The van der Waals surface area contributed by atoms with E-state index in [4.69, 9.17) is 18.9 Å². The number of carbonyl (C=O) groups is 1. The molecule has 1 N–H and O–H groups in total. The Labute approximate surface area is 177 Å². The minimum atomic E-state index is -0.217. The van der Waals surface area contributed by atoms with Gasteiger partial charge in [-0.15, -0.1) is 0 Å². The quantitative estimate of drug-likeness (QED) is 0.712. The molecule has 158 valence electrons. The van der Waals surface area contributed by atoms with Gasteiger partial charge in [0.15, 0.2) is 23.0 Å². The first kappa shape index (κ1) is 21.4. The Hall–Kier alpha value is -3.33. The molecule has 30 heavy (non-hydrogen) atoms. The van der Waals surface area contributed by atoms with Crippen molar-refractivity contribution in [1.29, 1.82) is 0 Å². The number of para-hydroxylation sites is 1. The third-order valence-corrected chi connectivity index (χ3v) is 4.67. The molecule has 0 bridgehead atoms. The van der Waals surface area contributed by atoms with Gasteiger partial charge in [0, 0.05) is 12.0 Å². The van der Waals surface area contributed by atoms with Crippen molar-refractivity contribution in [2.24, 2.45) is 0 Å². The Morgan fingerprint density at radius 2 is 1.90 bits per heavy atom. The minimum Gasteiger partial charge on any atom is -0.493 e. The second-order valence-electron chi connectivity index (χ2n) is 7.57. The van der Waals surface area contributed by atoms with Gasteiger partial charge in [-0.2, -0.15) is 0 Å². The fraction of sp³-hybridized carbons (Fsp3) is 0.375. The Bertz CT molecular complexity index is 971. The van der Waals surface area contributed by atoms with Gasteiger partial charge in [-0.1, -0.05) is 30.0 Å². The number of rotatable bonds is 7. The summed E-state index contributed by atoms with van der Waals surface area (Å²) in [5.41, 5.74) is 1.77. The Kier molecular flexibility index (Phi) is 6.73. The molecule has 1 aliphatic rings. The lowest BCUT2D eigenvalue weighted by Gasteiger charge is -2.17. The van der Waals surface area contributed by atoms with E-state index in [2.05, 4.69) is 37.1 Å². The van der Waals surface area contributed by atoms with E-state index in [1.165, 1.54) is 0 Å². The van der Waals surface area contributed by atoms with Crippen molar-refractivity contribution in [3.63, 3.8) is 0 Å². The SMILES string of the molecule is COc1ccc(CC(=O)NCC#CCOc2cccc3c2OC(C)(C)C3)cc1OC. The van der Waals surface area contributed by atoms with E-state index in [1.807, 2.05) is 18.2 Å². The highest BCUT2D eigenvalue weighted by Crippen LogP contribution is 2.41. The number of ether oxygens (including phenoxy) is 4. The molecule has 0 atom stereocenters. The summed E-state index contributed by atoms with van der Waals surface area (Å²) in [5.74, 6) is 8.43. The number of nitrogens with one attached hydrogen (secondary N) is 1. The highest BCUT2D eigenvalue weighted by Gasteiger charge is 2.32. The second-order valence-corrected chi connectivity index (χ2v) is 7.57. The van der Waals surface area contributed by atoms with Crippen LogP contribution >= 0.6 is 0 Å². The standard InChI is InChI=1S/C24H27NO5/c1-24(2)16-18-8-7-9-20(23(18)30-24)29-13-6-5-12-25-22(26)15-17-10-11-19(27-3)21(14-17)28-4/h7-11,14H,12-13,15-16H2,1-4H3,(H,25,26). The van der Waals surface area contributed by atoms with E-state index in [0.29, 0.717) is 17.2 Å². The van der Waals surface area contributed by atoms with Crippen LogP contribution in [0.5, 0.6) is 23.0 Å². The molecule has 0 saturated carbocycles. The number of benzene rings is 2. The van der Waals surface area contributed by atoms with Crippen LogP contribution in [0.15, 0.2) is 36.4 Å². The fourth-order valence-electron chi connectivity index (χ4n) is 3.31. The highest BCUT2D eigenvalue weighted by molar-refractivity contribution is 5.79. The topological polar surface area (TPSA) is 66.0 Å². The Morgan fingerprint density at radius 3 is 2.67 bits per heavy atom. The Balaban J connectivity index is 1.44.